The second kappa shape index (κ2) is 3.63. The Morgan fingerprint density at radius 2 is 2.25 bits per heavy atom. The van der Waals surface area contributed by atoms with Crippen molar-refractivity contribution < 1.29 is 5.11 Å². The molecule has 2 heteroatoms. The summed E-state index contributed by atoms with van der Waals surface area (Å²) in [5.41, 5.74) is 1.64. The SMILES string of the molecule is C=C(CC)c1cc(Cl)ccc1O. The van der Waals surface area contributed by atoms with Gasteiger partial charge in [-0.2, -0.15) is 0 Å². The number of aromatic hydroxyl groups is 1. The topological polar surface area (TPSA) is 20.2 Å². The summed E-state index contributed by atoms with van der Waals surface area (Å²) in [6.45, 7) is 5.82. The van der Waals surface area contributed by atoms with Crippen LogP contribution in [0.3, 0.4) is 0 Å². The molecule has 0 heterocycles. The first kappa shape index (κ1) is 9.14. The molecule has 0 saturated heterocycles. The van der Waals surface area contributed by atoms with E-state index in [0.29, 0.717) is 5.02 Å². The van der Waals surface area contributed by atoms with Gasteiger partial charge in [0.05, 0.1) is 0 Å². The lowest BCUT2D eigenvalue weighted by Gasteiger charge is -2.05. The number of hydrogen-bond acceptors (Lipinski definition) is 1. The Labute approximate surface area is 77.3 Å². The van der Waals surface area contributed by atoms with E-state index in [9.17, 15) is 5.11 Å². The molecular formula is C10H11ClO. The van der Waals surface area contributed by atoms with Crippen molar-refractivity contribution in [3.63, 3.8) is 0 Å². The highest BCUT2D eigenvalue weighted by atomic mass is 35.5. The molecule has 0 radical (unpaired) electrons. The van der Waals surface area contributed by atoms with Gasteiger partial charge in [0.25, 0.3) is 0 Å². The van der Waals surface area contributed by atoms with Gasteiger partial charge in [-0.1, -0.05) is 25.1 Å². The van der Waals surface area contributed by atoms with Gasteiger partial charge in [0.1, 0.15) is 5.75 Å². The van der Waals surface area contributed by atoms with Crippen molar-refractivity contribution in [2.75, 3.05) is 0 Å². The van der Waals surface area contributed by atoms with E-state index in [0.717, 1.165) is 17.6 Å². The summed E-state index contributed by atoms with van der Waals surface area (Å²) < 4.78 is 0. The van der Waals surface area contributed by atoms with E-state index in [-0.39, 0.29) is 5.75 Å². The van der Waals surface area contributed by atoms with Crippen LogP contribution in [0.1, 0.15) is 18.9 Å². The average Bonchev–Trinajstić information content (AvgIpc) is 2.08. The maximum atomic E-state index is 9.42. The zero-order valence-corrected chi connectivity index (χ0v) is 7.73. The van der Waals surface area contributed by atoms with Crippen LogP contribution in [-0.2, 0) is 0 Å². The molecule has 0 unspecified atom stereocenters. The van der Waals surface area contributed by atoms with Gasteiger partial charge in [-0.15, -0.1) is 0 Å². The lowest BCUT2D eigenvalue weighted by atomic mass is 10.0. The number of hydrogen-bond donors (Lipinski definition) is 1. The summed E-state index contributed by atoms with van der Waals surface area (Å²) >= 11 is 5.77. The molecule has 0 aliphatic heterocycles. The van der Waals surface area contributed by atoms with Gasteiger partial charge in [0, 0.05) is 10.6 Å². The zero-order chi connectivity index (χ0) is 9.14. The summed E-state index contributed by atoms with van der Waals surface area (Å²) in [7, 11) is 0. The van der Waals surface area contributed by atoms with E-state index in [1.54, 1.807) is 18.2 Å². The molecule has 1 rings (SSSR count). The van der Waals surface area contributed by atoms with Crippen molar-refractivity contribution in [1.82, 2.24) is 0 Å². The molecular weight excluding hydrogens is 172 g/mol. The van der Waals surface area contributed by atoms with Crippen molar-refractivity contribution in [2.24, 2.45) is 0 Å². The molecule has 1 N–H and O–H groups in total. The molecule has 1 nitrogen and oxygen atoms in total. The van der Waals surface area contributed by atoms with E-state index in [2.05, 4.69) is 6.58 Å². The molecule has 0 spiro atoms. The molecule has 64 valence electrons. The lowest BCUT2D eigenvalue weighted by molar-refractivity contribution is 0.473. The van der Waals surface area contributed by atoms with Crippen LogP contribution in [0.5, 0.6) is 5.75 Å². The smallest absolute Gasteiger partial charge is 0.123 e. The first-order chi connectivity index (χ1) is 5.65. The molecule has 0 aliphatic rings. The Balaban J connectivity index is 3.13. The largest absolute Gasteiger partial charge is 0.507 e. The van der Waals surface area contributed by atoms with Crippen LogP contribution in [0.25, 0.3) is 5.57 Å². The van der Waals surface area contributed by atoms with Crippen LogP contribution in [0, 0.1) is 0 Å². The average molecular weight is 183 g/mol. The Kier molecular flexibility index (Phi) is 2.77. The standard InChI is InChI=1S/C10H11ClO/c1-3-7(2)9-6-8(11)4-5-10(9)12/h4-6,12H,2-3H2,1H3. The third kappa shape index (κ3) is 1.80. The number of allylic oxidation sites excluding steroid dienone is 1. The highest BCUT2D eigenvalue weighted by Crippen LogP contribution is 2.28. The molecule has 0 amide bonds. The van der Waals surface area contributed by atoms with Crippen LogP contribution in [0.15, 0.2) is 24.8 Å². The fourth-order valence-corrected chi connectivity index (χ4v) is 1.15. The molecule has 1 aromatic rings. The zero-order valence-electron chi connectivity index (χ0n) is 6.97. The first-order valence-electron chi connectivity index (χ1n) is 3.81. The van der Waals surface area contributed by atoms with Crippen LogP contribution < -0.4 is 0 Å². The quantitative estimate of drug-likeness (QED) is 0.743. The fourth-order valence-electron chi connectivity index (χ4n) is 0.982. The Hall–Kier alpha value is -0.950. The van der Waals surface area contributed by atoms with Crippen LogP contribution in [-0.4, -0.2) is 5.11 Å². The normalized spacial score (nSPS) is 9.83. The van der Waals surface area contributed by atoms with E-state index in [4.69, 9.17) is 11.6 Å². The highest BCUT2D eigenvalue weighted by Gasteiger charge is 2.03. The number of halogens is 1. The number of rotatable bonds is 2. The molecule has 1 aromatic carbocycles. The third-order valence-corrected chi connectivity index (χ3v) is 2.00. The second-order valence-corrected chi connectivity index (χ2v) is 3.06. The van der Waals surface area contributed by atoms with Gasteiger partial charge in [0.15, 0.2) is 0 Å². The minimum Gasteiger partial charge on any atom is -0.507 e. The molecule has 0 bridgehead atoms. The van der Waals surface area contributed by atoms with Gasteiger partial charge in [0.2, 0.25) is 0 Å². The van der Waals surface area contributed by atoms with Crippen molar-refractivity contribution in [3.8, 4) is 5.75 Å². The van der Waals surface area contributed by atoms with Crippen molar-refractivity contribution in [3.05, 3.63) is 35.4 Å². The molecule has 12 heavy (non-hydrogen) atoms. The van der Waals surface area contributed by atoms with Gasteiger partial charge >= 0.3 is 0 Å². The predicted molar refractivity (Wildman–Crippen MR) is 52.4 cm³/mol. The first-order valence-corrected chi connectivity index (χ1v) is 4.19. The molecule has 0 fully saturated rings. The molecule has 0 aromatic heterocycles. The van der Waals surface area contributed by atoms with Crippen molar-refractivity contribution in [1.29, 1.82) is 0 Å². The van der Waals surface area contributed by atoms with Gasteiger partial charge in [-0.05, 0) is 30.2 Å². The van der Waals surface area contributed by atoms with E-state index < -0.39 is 0 Å². The van der Waals surface area contributed by atoms with Crippen LogP contribution in [0.4, 0.5) is 0 Å². The number of phenols is 1. The van der Waals surface area contributed by atoms with E-state index in [1.165, 1.54) is 0 Å². The Morgan fingerprint density at radius 1 is 1.58 bits per heavy atom. The number of phenolic OH excluding ortho intramolecular Hbond substituents is 1. The molecule has 0 aliphatic carbocycles. The minimum atomic E-state index is 0.242. The van der Waals surface area contributed by atoms with Crippen LogP contribution in [0.2, 0.25) is 5.02 Å². The van der Waals surface area contributed by atoms with Gasteiger partial charge in [-0.3, -0.25) is 0 Å². The number of benzene rings is 1. The maximum absolute atomic E-state index is 9.42. The summed E-state index contributed by atoms with van der Waals surface area (Å²) in [5.74, 6) is 0.242. The maximum Gasteiger partial charge on any atom is 0.123 e. The molecule has 0 atom stereocenters. The van der Waals surface area contributed by atoms with Crippen molar-refractivity contribution in [2.45, 2.75) is 13.3 Å². The predicted octanol–water partition coefficient (Wildman–Crippen LogP) is 3.47. The third-order valence-electron chi connectivity index (χ3n) is 1.77. The minimum absolute atomic E-state index is 0.242. The summed E-state index contributed by atoms with van der Waals surface area (Å²) in [6.07, 6.45) is 0.813. The summed E-state index contributed by atoms with van der Waals surface area (Å²) in [5, 5.41) is 10.0. The van der Waals surface area contributed by atoms with Gasteiger partial charge < -0.3 is 5.11 Å². The van der Waals surface area contributed by atoms with E-state index in [1.807, 2.05) is 6.92 Å². The second-order valence-electron chi connectivity index (χ2n) is 2.62. The Morgan fingerprint density at radius 3 is 2.83 bits per heavy atom. The van der Waals surface area contributed by atoms with Crippen LogP contribution >= 0.6 is 11.6 Å². The van der Waals surface area contributed by atoms with E-state index >= 15 is 0 Å². The highest BCUT2D eigenvalue weighted by molar-refractivity contribution is 6.30. The Bertz CT molecular complexity index is 305. The molecule has 0 saturated carbocycles. The monoisotopic (exact) mass is 182 g/mol. The van der Waals surface area contributed by atoms with Gasteiger partial charge in [-0.25, -0.2) is 0 Å². The summed E-state index contributed by atoms with van der Waals surface area (Å²) in [6, 6.07) is 4.96. The summed E-state index contributed by atoms with van der Waals surface area (Å²) in [4.78, 5) is 0. The fraction of sp³-hybridized carbons (Fsp3) is 0.200. The van der Waals surface area contributed by atoms with Crippen molar-refractivity contribution >= 4 is 17.2 Å². The lowest BCUT2D eigenvalue weighted by Crippen LogP contribution is -1.81.